The molecule has 4 heteroatoms. The second-order valence-corrected chi connectivity index (χ2v) is 5.58. The SMILES string of the molecule is NCCc1ccc(N2CCN(C3CC3)CC2)c(F)c1. The third-order valence-corrected chi connectivity index (χ3v) is 4.16. The smallest absolute Gasteiger partial charge is 0.146 e. The maximum absolute atomic E-state index is 14.1. The Kier molecular flexibility index (Phi) is 3.71. The number of hydrogen-bond acceptors (Lipinski definition) is 3. The Balaban J connectivity index is 1.65. The molecule has 3 rings (SSSR count). The van der Waals surface area contributed by atoms with E-state index < -0.39 is 0 Å². The third-order valence-electron chi connectivity index (χ3n) is 4.16. The van der Waals surface area contributed by atoms with Crippen LogP contribution in [0.25, 0.3) is 0 Å². The molecule has 1 aliphatic heterocycles. The van der Waals surface area contributed by atoms with Gasteiger partial charge >= 0.3 is 0 Å². The van der Waals surface area contributed by atoms with Crippen LogP contribution >= 0.6 is 0 Å². The molecule has 3 nitrogen and oxygen atoms in total. The van der Waals surface area contributed by atoms with Gasteiger partial charge in [0.05, 0.1) is 5.69 Å². The summed E-state index contributed by atoms with van der Waals surface area (Å²) in [5.74, 6) is -0.106. The summed E-state index contributed by atoms with van der Waals surface area (Å²) >= 11 is 0. The Hall–Kier alpha value is -1.13. The Morgan fingerprint density at radius 3 is 2.47 bits per heavy atom. The van der Waals surface area contributed by atoms with Crippen molar-refractivity contribution in [1.82, 2.24) is 4.90 Å². The number of nitrogens with two attached hydrogens (primary N) is 1. The van der Waals surface area contributed by atoms with Gasteiger partial charge in [-0.1, -0.05) is 6.07 Å². The lowest BCUT2D eigenvalue weighted by atomic mass is 10.1. The van der Waals surface area contributed by atoms with E-state index in [4.69, 9.17) is 5.73 Å². The van der Waals surface area contributed by atoms with Crippen LogP contribution in [0, 0.1) is 5.82 Å². The second kappa shape index (κ2) is 5.47. The van der Waals surface area contributed by atoms with Gasteiger partial charge in [0.1, 0.15) is 5.82 Å². The van der Waals surface area contributed by atoms with Crippen LogP contribution in [0.2, 0.25) is 0 Å². The van der Waals surface area contributed by atoms with Gasteiger partial charge in [-0.25, -0.2) is 4.39 Å². The molecular weight excluding hydrogens is 241 g/mol. The minimum Gasteiger partial charge on any atom is -0.367 e. The summed E-state index contributed by atoms with van der Waals surface area (Å²) in [7, 11) is 0. The van der Waals surface area contributed by atoms with Crippen LogP contribution in [0.1, 0.15) is 18.4 Å². The van der Waals surface area contributed by atoms with Crippen LogP contribution in [0.3, 0.4) is 0 Å². The van der Waals surface area contributed by atoms with Crippen molar-refractivity contribution in [2.24, 2.45) is 5.73 Å². The van der Waals surface area contributed by atoms with E-state index in [0.717, 1.165) is 49.9 Å². The van der Waals surface area contributed by atoms with E-state index in [-0.39, 0.29) is 5.82 Å². The van der Waals surface area contributed by atoms with Gasteiger partial charge < -0.3 is 10.6 Å². The lowest BCUT2D eigenvalue weighted by Crippen LogP contribution is -2.47. The molecule has 1 heterocycles. The van der Waals surface area contributed by atoms with E-state index in [1.807, 2.05) is 12.1 Å². The van der Waals surface area contributed by atoms with E-state index in [1.165, 1.54) is 12.8 Å². The maximum Gasteiger partial charge on any atom is 0.146 e. The number of rotatable bonds is 4. The molecule has 1 aromatic rings. The quantitative estimate of drug-likeness (QED) is 0.896. The summed E-state index contributed by atoms with van der Waals surface area (Å²) < 4.78 is 14.1. The molecule has 0 aromatic heterocycles. The van der Waals surface area contributed by atoms with Crippen LogP contribution in [-0.2, 0) is 6.42 Å². The van der Waals surface area contributed by atoms with E-state index in [9.17, 15) is 4.39 Å². The van der Waals surface area contributed by atoms with E-state index >= 15 is 0 Å². The van der Waals surface area contributed by atoms with Crippen LogP contribution in [-0.4, -0.2) is 43.7 Å². The minimum atomic E-state index is -0.106. The summed E-state index contributed by atoms with van der Waals surface area (Å²) in [6.07, 6.45) is 3.44. The Morgan fingerprint density at radius 2 is 1.89 bits per heavy atom. The van der Waals surface area contributed by atoms with Crippen LogP contribution in [0.4, 0.5) is 10.1 Å². The normalized spacial score (nSPS) is 20.8. The highest BCUT2D eigenvalue weighted by atomic mass is 19.1. The van der Waals surface area contributed by atoms with Crippen molar-refractivity contribution >= 4 is 5.69 Å². The molecule has 0 bridgehead atoms. The maximum atomic E-state index is 14.1. The molecule has 0 unspecified atom stereocenters. The molecule has 19 heavy (non-hydrogen) atoms. The molecule has 1 aliphatic carbocycles. The fourth-order valence-corrected chi connectivity index (χ4v) is 2.90. The fourth-order valence-electron chi connectivity index (χ4n) is 2.90. The van der Waals surface area contributed by atoms with Crippen molar-refractivity contribution in [3.8, 4) is 0 Å². The number of piperazine rings is 1. The first-order valence-electron chi connectivity index (χ1n) is 7.25. The molecule has 1 saturated heterocycles. The molecule has 0 spiro atoms. The summed E-state index contributed by atoms with van der Waals surface area (Å²) in [5.41, 5.74) is 7.24. The predicted molar refractivity (Wildman–Crippen MR) is 76.0 cm³/mol. The molecule has 1 saturated carbocycles. The largest absolute Gasteiger partial charge is 0.367 e. The summed E-state index contributed by atoms with van der Waals surface area (Å²) in [4.78, 5) is 4.71. The van der Waals surface area contributed by atoms with Crippen LogP contribution in [0.5, 0.6) is 0 Å². The summed E-state index contributed by atoms with van der Waals surface area (Å²) in [5, 5.41) is 0. The summed E-state index contributed by atoms with van der Waals surface area (Å²) in [6, 6.07) is 6.36. The molecule has 104 valence electrons. The topological polar surface area (TPSA) is 32.5 Å². The second-order valence-electron chi connectivity index (χ2n) is 5.58. The Bertz CT molecular complexity index is 437. The number of nitrogens with zero attached hydrogens (tertiary/aromatic N) is 2. The molecule has 2 aliphatic rings. The molecule has 0 amide bonds. The van der Waals surface area contributed by atoms with E-state index in [1.54, 1.807) is 6.07 Å². The Morgan fingerprint density at radius 1 is 1.16 bits per heavy atom. The first-order chi connectivity index (χ1) is 9.28. The zero-order chi connectivity index (χ0) is 13.2. The molecule has 0 radical (unpaired) electrons. The van der Waals surface area contributed by atoms with Gasteiger partial charge in [-0.3, -0.25) is 4.90 Å². The number of hydrogen-bond donors (Lipinski definition) is 1. The average molecular weight is 263 g/mol. The predicted octanol–water partition coefficient (Wildman–Crippen LogP) is 1.61. The van der Waals surface area contributed by atoms with E-state index in [2.05, 4.69) is 9.80 Å². The monoisotopic (exact) mass is 263 g/mol. The van der Waals surface area contributed by atoms with Crippen molar-refractivity contribution < 1.29 is 4.39 Å². The lowest BCUT2D eigenvalue weighted by Gasteiger charge is -2.36. The lowest BCUT2D eigenvalue weighted by molar-refractivity contribution is 0.247. The third kappa shape index (κ3) is 2.90. The zero-order valence-corrected chi connectivity index (χ0v) is 11.3. The highest BCUT2D eigenvalue weighted by Gasteiger charge is 2.31. The molecule has 0 atom stereocenters. The fraction of sp³-hybridized carbons (Fsp3) is 0.600. The average Bonchev–Trinajstić information content (AvgIpc) is 3.24. The van der Waals surface area contributed by atoms with Gasteiger partial charge in [0.25, 0.3) is 0 Å². The van der Waals surface area contributed by atoms with Crippen molar-refractivity contribution in [2.75, 3.05) is 37.6 Å². The standard InChI is InChI=1S/C15H22FN3/c16-14-11-12(5-6-17)1-4-15(14)19-9-7-18(8-10-19)13-2-3-13/h1,4,11,13H,2-3,5-10,17H2. The van der Waals surface area contributed by atoms with Crippen molar-refractivity contribution in [1.29, 1.82) is 0 Å². The number of benzene rings is 1. The van der Waals surface area contributed by atoms with Crippen LogP contribution in [0.15, 0.2) is 18.2 Å². The highest BCUT2D eigenvalue weighted by Crippen LogP contribution is 2.29. The first kappa shape index (κ1) is 12.9. The van der Waals surface area contributed by atoms with Gasteiger partial charge in [0, 0.05) is 32.2 Å². The van der Waals surface area contributed by atoms with Crippen molar-refractivity contribution in [3.63, 3.8) is 0 Å². The molecular formula is C15H22FN3. The van der Waals surface area contributed by atoms with Gasteiger partial charge in [-0.15, -0.1) is 0 Å². The zero-order valence-electron chi connectivity index (χ0n) is 11.3. The molecule has 2 fully saturated rings. The first-order valence-corrected chi connectivity index (χ1v) is 7.25. The van der Waals surface area contributed by atoms with Crippen molar-refractivity contribution in [3.05, 3.63) is 29.6 Å². The summed E-state index contributed by atoms with van der Waals surface area (Å²) in [6.45, 7) is 4.56. The van der Waals surface area contributed by atoms with Gasteiger partial charge in [-0.2, -0.15) is 0 Å². The highest BCUT2D eigenvalue weighted by molar-refractivity contribution is 5.49. The number of halogens is 1. The number of anilines is 1. The van der Waals surface area contributed by atoms with E-state index in [0.29, 0.717) is 6.54 Å². The molecule has 1 aromatic carbocycles. The minimum absolute atomic E-state index is 0.106. The molecule has 2 N–H and O–H groups in total. The van der Waals surface area contributed by atoms with Gasteiger partial charge in [0.15, 0.2) is 0 Å². The van der Waals surface area contributed by atoms with Crippen molar-refractivity contribution in [2.45, 2.75) is 25.3 Å². The van der Waals surface area contributed by atoms with Crippen LogP contribution < -0.4 is 10.6 Å². The Labute approximate surface area is 114 Å². The van der Waals surface area contributed by atoms with Gasteiger partial charge in [0.2, 0.25) is 0 Å². The van der Waals surface area contributed by atoms with Gasteiger partial charge in [-0.05, 0) is 43.5 Å².